The van der Waals surface area contributed by atoms with Crippen LogP contribution < -0.4 is 5.32 Å². The average molecular weight is 350 g/mol. The maximum absolute atomic E-state index is 13.4. The summed E-state index contributed by atoms with van der Waals surface area (Å²) in [4.78, 5) is 20.7. The van der Waals surface area contributed by atoms with E-state index in [1.54, 1.807) is 6.92 Å². The van der Waals surface area contributed by atoms with Crippen LogP contribution in [0, 0.1) is 5.82 Å². The van der Waals surface area contributed by atoms with Gasteiger partial charge in [0.25, 0.3) is 5.89 Å². The van der Waals surface area contributed by atoms with Crippen molar-refractivity contribution in [2.24, 2.45) is 4.99 Å². The molecule has 0 spiro atoms. The number of methoxy groups -OCH3 is 1. The number of carbonyl (C=O) groups excluding carboxylic acids is 1. The molecular formula is C16H13ClFN3O3. The molecule has 24 heavy (non-hydrogen) atoms. The summed E-state index contributed by atoms with van der Waals surface area (Å²) in [7, 11) is 1.28. The molecule has 1 aliphatic heterocycles. The molecule has 0 saturated heterocycles. The van der Waals surface area contributed by atoms with Crippen LogP contribution in [0.5, 0.6) is 0 Å². The van der Waals surface area contributed by atoms with E-state index in [2.05, 4.69) is 15.3 Å². The van der Waals surface area contributed by atoms with E-state index in [0.717, 1.165) is 0 Å². The second-order valence-electron chi connectivity index (χ2n) is 5.04. The maximum Gasteiger partial charge on any atom is 0.338 e. The number of aromatic nitrogens is 1. The van der Waals surface area contributed by atoms with Crippen LogP contribution in [0.3, 0.4) is 0 Å². The van der Waals surface area contributed by atoms with Gasteiger partial charge in [0.1, 0.15) is 18.1 Å². The summed E-state index contributed by atoms with van der Waals surface area (Å²) in [6.07, 6.45) is 2.89. The van der Waals surface area contributed by atoms with Gasteiger partial charge in [0, 0.05) is 16.3 Å². The van der Waals surface area contributed by atoms with Gasteiger partial charge in [-0.2, -0.15) is 0 Å². The average Bonchev–Trinajstić information content (AvgIpc) is 3.08. The number of hydrogen-bond acceptors (Lipinski definition) is 6. The quantitative estimate of drug-likeness (QED) is 0.862. The second kappa shape index (κ2) is 6.45. The molecule has 2 aromatic rings. The van der Waals surface area contributed by atoms with E-state index in [1.807, 2.05) is 0 Å². The minimum atomic E-state index is -0.770. The molecule has 1 aliphatic rings. The Kier molecular flexibility index (Phi) is 4.35. The molecule has 1 atom stereocenters. The van der Waals surface area contributed by atoms with Crippen molar-refractivity contribution >= 4 is 23.4 Å². The van der Waals surface area contributed by atoms with E-state index in [0.29, 0.717) is 17.1 Å². The highest BCUT2D eigenvalue weighted by Crippen LogP contribution is 2.36. The number of nitrogens with one attached hydrogen (secondary N) is 1. The van der Waals surface area contributed by atoms with E-state index in [4.69, 9.17) is 20.8 Å². The summed E-state index contributed by atoms with van der Waals surface area (Å²) in [5.74, 6) is -0.424. The van der Waals surface area contributed by atoms with Gasteiger partial charge in [-0.15, -0.1) is 0 Å². The number of nitrogens with zero attached hydrogens (tertiary/aromatic N) is 2. The van der Waals surface area contributed by atoms with E-state index in [1.165, 1.54) is 37.8 Å². The molecule has 0 radical (unpaired) electrons. The van der Waals surface area contributed by atoms with Gasteiger partial charge in [0.05, 0.1) is 18.9 Å². The first-order chi connectivity index (χ1) is 11.5. The lowest BCUT2D eigenvalue weighted by atomic mass is 9.96. The molecule has 0 fully saturated rings. The zero-order valence-electron chi connectivity index (χ0n) is 12.8. The fourth-order valence-electron chi connectivity index (χ4n) is 2.45. The molecule has 1 aromatic heterocycles. The first-order valence-electron chi connectivity index (χ1n) is 7.00. The highest BCUT2D eigenvalue weighted by Gasteiger charge is 2.32. The fraction of sp³-hybridized carbons (Fsp3) is 0.188. The number of halogens is 2. The summed E-state index contributed by atoms with van der Waals surface area (Å²) in [6.45, 7) is 1.70. The van der Waals surface area contributed by atoms with Gasteiger partial charge in [0.2, 0.25) is 0 Å². The van der Waals surface area contributed by atoms with Crippen LogP contribution in [0.15, 0.2) is 51.3 Å². The SMILES string of the molecule is COC(=O)C1=C(C)NC(c2ncco2)=NC1c1ccc(F)cc1Cl. The molecule has 1 aromatic carbocycles. The van der Waals surface area contributed by atoms with Crippen LogP contribution in [-0.4, -0.2) is 23.9 Å². The van der Waals surface area contributed by atoms with Crippen molar-refractivity contribution in [1.29, 1.82) is 0 Å². The maximum atomic E-state index is 13.4. The molecule has 124 valence electrons. The van der Waals surface area contributed by atoms with Crippen molar-refractivity contribution in [3.05, 3.63) is 64.2 Å². The van der Waals surface area contributed by atoms with E-state index < -0.39 is 17.8 Å². The number of amidine groups is 1. The predicted octanol–water partition coefficient (Wildman–Crippen LogP) is 3.01. The summed E-state index contributed by atoms with van der Waals surface area (Å²) in [5.41, 5.74) is 1.28. The van der Waals surface area contributed by atoms with Crippen LogP contribution in [0.2, 0.25) is 5.02 Å². The zero-order valence-corrected chi connectivity index (χ0v) is 13.6. The Hall–Kier alpha value is -2.67. The number of benzene rings is 1. The number of ether oxygens (including phenoxy) is 1. The fourth-order valence-corrected chi connectivity index (χ4v) is 2.72. The Labute approximate surface area is 142 Å². The Morgan fingerprint density at radius 2 is 2.25 bits per heavy atom. The molecule has 8 heteroatoms. The molecule has 1 N–H and O–H groups in total. The van der Waals surface area contributed by atoms with Crippen LogP contribution in [0.1, 0.15) is 24.4 Å². The highest BCUT2D eigenvalue weighted by atomic mass is 35.5. The van der Waals surface area contributed by atoms with Crippen molar-refractivity contribution in [2.75, 3.05) is 7.11 Å². The van der Waals surface area contributed by atoms with Gasteiger partial charge in [-0.05, 0) is 19.1 Å². The Morgan fingerprint density at radius 1 is 1.46 bits per heavy atom. The Bertz CT molecular complexity index is 846. The number of allylic oxidation sites excluding steroid dienone is 1. The first kappa shape index (κ1) is 16.2. The topological polar surface area (TPSA) is 76.7 Å². The van der Waals surface area contributed by atoms with Gasteiger partial charge in [-0.3, -0.25) is 4.99 Å². The summed E-state index contributed by atoms with van der Waals surface area (Å²) in [6, 6.07) is 3.14. The Balaban J connectivity index is 2.14. The number of carbonyl (C=O) groups is 1. The number of aliphatic imine (C=N–C) groups is 1. The lowest BCUT2D eigenvalue weighted by Crippen LogP contribution is -2.32. The smallest absolute Gasteiger partial charge is 0.338 e. The van der Waals surface area contributed by atoms with Gasteiger partial charge >= 0.3 is 5.97 Å². The molecule has 0 bridgehead atoms. The number of rotatable bonds is 3. The summed E-state index contributed by atoms with van der Waals surface area (Å²) < 4.78 is 23.4. The van der Waals surface area contributed by atoms with Gasteiger partial charge in [-0.1, -0.05) is 17.7 Å². The van der Waals surface area contributed by atoms with Crippen LogP contribution in [-0.2, 0) is 9.53 Å². The lowest BCUT2D eigenvalue weighted by Gasteiger charge is -2.25. The third-order valence-electron chi connectivity index (χ3n) is 3.54. The third-order valence-corrected chi connectivity index (χ3v) is 3.87. The largest absolute Gasteiger partial charge is 0.466 e. The van der Waals surface area contributed by atoms with E-state index in [9.17, 15) is 9.18 Å². The highest BCUT2D eigenvalue weighted by molar-refractivity contribution is 6.31. The molecule has 6 nitrogen and oxygen atoms in total. The number of esters is 1. The van der Waals surface area contributed by atoms with Crippen LogP contribution >= 0.6 is 11.6 Å². The van der Waals surface area contributed by atoms with Crippen molar-refractivity contribution < 1.29 is 18.3 Å². The van der Waals surface area contributed by atoms with Crippen molar-refractivity contribution in [3.8, 4) is 0 Å². The standard InChI is InChI=1S/C16H13ClFN3O3/c1-8-12(16(22)23-2)13(10-4-3-9(18)7-11(10)17)21-14(20-8)15-19-5-6-24-15/h3-7,13H,1-2H3,(H,20,21). The lowest BCUT2D eigenvalue weighted by molar-refractivity contribution is -0.136. The number of oxazole rings is 1. The van der Waals surface area contributed by atoms with Crippen LogP contribution in [0.25, 0.3) is 0 Å². The van der Waals surface area contributed by atoms with Gasteiger partial charge < -0.3 is 14.5 Å². The van der Waals surface area contributed by atoms with Gasteiger partial charge in [-0.25, -0.2) is 14.2 Å². The normalized spacial score (nSPS) is 17.3. The monoisotopic (exact) mass is 349 g/mol. The summed E-state index contributed by atoms with van der Waals surface area (Å²) >= 11 is 6.15. The second-order valence-corrected chi connectivity index (χ2v) is 5.45. The van der Waals surface area contributed by atoms with Crippen molar-refractivity contribution in [3.63, 3.8) is 0 Å². The summed E-state index contributed by atoms with van der Waals surface area (Å²) in [5, 5.41) is 3.13. The van der Waals surface area contributed by atoms with Crippen LogP contribution in [0.4, 0.5) is 4.39 Å². The molecule has 0 aliphatic carbocycles. The molecule has 0 amide bonds. The van der Waals surface area contributed by atoms with Gasteiger partial charge in [0.15, 0.2) is 5.84 Å². The zero-order chi connectivity index (χ0) is 17.3. The third kappa shape index (κ3) is 2.90. The van der Waals surface area contributed by atoms with E-state index in [-0.39, 0.29) is 16.5 Å². The number of hydrogen-bond donors (Lipinski definition) is 1. The molecular weight excluding hydrogens is 337 g/mol. The first-order valence-corrected chi connectivity index (χ1v) is 7.37. The van der Waals surface area contributed by atoms with Crippen molar-refractivity contribution in [2.45, 2.75) is 13.0 Å². The minimum absolute atomic E-state index is 0.159. The molecule has 2 heterocycles. The van der Waals surface area contributed by atoms with E-state index >= 15 is 0 Å². The van der Waals surface area contributed by atoms with Crippen molar-refractivity contribution in [1.82, 2.24) is 10.3 Å². The molecule has 0 saturated carbocycles. The minimum Gasteiger partial charge on any atom is -0.466 e. The Morgan fingerprint density at radius 3 is 2.88 bits per heavy atom. The molecule has 3 rings (SSSR count). The molecule has 1 unspecified atom stereocenters. The predicted molar refractivity (Wildman–Crippen MR) is 85.0 cm³/mol.